The first kappa shape index (κ1) is 13.7. The third-order valence-corrected chi connectivity index (χ3v) is 3.80. The van der Waals surface area contributed by atoms with Crippen molar-refractivity contribution in [1.29, 1.82) is 0 Å². The first-order valence-electron chi connectivity index (χ1n) is 5.60. The monoisotopic (exact) mass is 370 g/mol. The number of halogens is 1. The van der Waals surface area contributed by atoms with Gasteiger partial charge in [-0.25, -0.2) is 9.97 Å². The normalized spacial score (nSPS) is 10.4. The number of nitrogens with zero attached hydrogens (tertiary/aromatic N) is 3. The van der Waals surface area contributed by atoms with Crippen LogP contribution >= 0.6 is 22.6 Å². The summed E-state index contributed by atoms with van der Waals surface area (Å²) in [7, 11) is 0. The Morgan fingerprint density at radius 3 is 2.68 bits per heavy atom. The van der Waals surface area contributed by atoms with E-state index in [4.69, 9.17) is 5.73 Å². The Balaban J connectivity index is 2.66. The van der Waals surface area contributed by atoms with Gasteiger partial charge in [0.1, 0.15) is 5.82 Å². The van der Waals surface area contributed by atoms with Gasteiger partial charge in [-0.2, -0.15) is 0 Å². The maximum Gasteiger partial charge on any atom is 0.280 e. The van der Waals surface area contributed by atoms with E-state index in [0.717, 1.165) is 9.26 Å². The minimum Gasteiger partial charge on any atom is -0.383 e. The number of nitro groups is 1. The summed E-state index contributed by atoms with van der Waals surface area (Å²) in [6, 6.07) is 6.38. The molecule has 98 valence electrons. The van der Waals surface area contributed by atoms with Crippen LogP contribution in [0.2, 0.25) is 0 Å². The van der Waals surface area contributed by atoms with Gasteiger partial charge in [0.05, 0.1) is 19.8 Å². The number of nitrogen functional groups attached to an aromatic ring is 1. The predicted octanol–water partition coefficient (Wildman–Crippen LogP) is 2.80. The number of aryl methyl sites for hydroxylation is 1. The highest BCUT2D eigenvalue weighted by molar-refractivity contribution is 14.1. The molecule has 0 saturated heterocycles. The van der Waals surface area contributed by atoms with Crippen LogP contribution in [0.4, 0.5) is 11.5 Å². The van der Waals surface area contributed by atoms with Gasteiger partial charge in [0.15, 0.2) is 5.82 Å². The molecule has 2 rings (SSSR count). The minimum absolute atomic E-state index is 0.0230. The van der Waals surface area contributed by atoms with Crippen molar-refractivity contribution in [3.05, 3.63) is 43.6 Å². The maximum atomic E-state index is 11.0. The first-order chi connectivity index (χ1) is 9.04. The molecule has 0 saturated carbocycles. The fourth-order valence-electron chi connectivity index (χ4n) is 1.69. The Labute approximate surface area is 123 Å². The lowest BCUT2D eigenvalue weighted by molar-refractivity contribution is -0.384. The van der Waals surface area contributed by atoms with Crippen LogP contribution < -0.4 is 5.73 Å². The Morgan fingerprint density at radius 1 is 1.37 bits per heavy atom. The van der Waals surface area contributed by atoms with Crippen molar-refractivity contribution in [2.24, 2.45) is 0 Å². The SMILES string of the molecule is CCc1nc(-c2ccccc2[N+](=O)[O-])nc(N)c1I. The molecule has 0 amide bonds. The molecule has 0 fully saturated rings. The number of nitro benzene ring substituents is 1. The summed E-state index contributed by atoms with van der Waals surface area (Å²) in [6.07, 6.45) is 0.693. The second-order valence-electron chi connectivity index (χ2n) is 3.82. The fourth-order valence-corrected chi connectivity index (χ4v) is 2.31. The minimum atomic E-state index is -0.446. The zero-order chi connectivity index (χ0) is 14.0. The van der Waals surface area contributed by atoms with Crippen molar-refractivity contribution in [1.82, 2.24) is 9.97 Å². The lowest BCUT2D eigenvalue weighted by Crippen LogP contribution is -2.05. The van der Waals surface area contributed by atoms with Crippen molar-refractivity contribution in [2.75, 3.05) is 5.73 Å². The third-order valence-electron chi connectivity index (χ3n) is 2.62. The van der Waals surface area contributed by atoms with Crippen LogP contribution in [-0.4, -0.2) is 14.9 Å². The zero-order valence-electron chi connectivity index (χ0n) is 10.1. The van der Waals surface area contributed by atoms with Gasteiger partial charge in [-0.05, 0) is 35.1 Å². The van der Waals surface area contributed by atoms with Gasteiger partial charge in [-0.3, -0.25) is 10.1 Å². The number of anilines is 1. The molecular weight excluding hydrogens is 359 g/mol. The average molecular weight is 370 g/mol. The molecule has 2 N–H and O–H groups in total. The van der Waals surface area contributed by atoms with E-state index in [9.17, 15) is 10.1 Å². The Morgan fingerprint density at radius 2 is 2.05 bits per heavy atom. The fraction of sp³-hybridized carbons (Fsp3) is 0.167. The summed E-state index contributed by atoms with van der Waals surface area (Å²) in [6.45, 7) is 1.95. The van der Waals surface area contributed by atoms with Crippen LogP contribution in [0.5, 0.6) is 0 Å². The number of para-hydroxylation sites is 1. The number of hydrogen-bond acceptors (Lipinski definition) is 5. The molecule has 0 atom stereocenters. The predicted molar refractivity (Wildman–Crippen MR) is 80.6 cm³/mol. The average Bonchev–Trinajstić information content (AvgIpc) is 2.41. The molecule has 0 radical (unpaired) electrons. The number of aromatic nitrogens is 2. The van der Waals surface area contributed by atoms with Gasteiger partial charge in [-0.15, -0.1) is 0 Å². The van der Waals surface area contributed by atoms with Crippen LogP contribution in [0.25, 0.3) is 11.4 Å². The molecule has 0 bridgehead atoms. The molecule has 0 aliphatic rings. The van der Waals surface area contributed by atoms with Gasteiger partial charge in [0.2, 0.25) is 0 Å². The van der Waals surface area contributed by atoms with Crippen LogP contribution in [0.1, 0.15) is 12.6 Å². The van der Waals surface area contributed by atoms with E-state index in [1.54, 1.807) is 18.2 Å². The summed E-state index contributed by atoms with van der Waals surface area (Å²) in [5.74, 6) is 0.641. The molecule has 1 aromatic heterocycles. The number of nitrogens with two attached hydrogens (primary N) is 1. The number of benzene rings is 1. The highest BCUT2D eigenvalue weighted by atomic mass is 127. The summed E-state index contributed by atoms with van der Waals surface area (Å²) < 4.78 is 0.794. The maximum absolute atomic E-state index is 11.0. The van der Waals surface area contributed by atoms with Crippen LogP contribution in [0.15, 0.2) is 24.3 Å². The highest BCUT2D eigenvalue weighted by Crippen LogP contribution is 2.29. The highest BCUT2D eigenvalue weighted by Gasteiger charge is 2.18. The van der Waals surface area contributed by atoms with E-state index in [0.29, 0.717) is 23.6 Å². The van der Waals surface area contributed by atoms with Gasteiger partial charge in [0, 0.05) is 6.07 Å². The van der Waals surface area contributed by atoms with Crippen LogP contribution in [-0.2, 0) is 6.42 Å². The Bertz CT molecular complexity index is 646. The van der Waals surface area contributed by atoms with Crippen molar-refractivity contribution < 1.29 is 4.92 Å². The van der Waals surface area contributed by atoms with Crippen molar-refractivity contribution in [2.45, 2.75) is 13.3 Å². The smallest absolute Gasteiger partial charge is 0.280 e. The van der Waals surface area contributed by atoms with Crippen molar-refractivity contribution >= 4 is 34.1 Å². The van der Waals surface area contributed by atoms with E-state index in [-0.39, 0.29) is 5.69 Å². The molecule has 0 unspecified atom stereocenters. The van der Waals surface area contributed by atoms with Crippen LogP contribution in [0, 0.1) is 13.7 Å². The van der Waals surface area contributed by atoms with E-state index in [1.807, 2.05) is 6.92 Å². The van der Waals surface area contributed by atoms with Gasteiger partial charge in [-0.1, -0.05) is 19.1 Å². The van der Waals surface area contributed by atoms with Gasteiger partial charge < -0.3 is 5.73 Å². The first-order valence-corrected chi connectivity index (χ1v) is 6.68. The zero-order valence-corrected chi connectivity index (χ0v) is 12.3. The lowest BCUT2D eigenvalue weighted by Gasteiger charge is -2.07. The molecule has 19 heavy (non-hydrogen) atoms. The van der Waals surface area contributed by atoms with Crippen molar-refractivity contribution in [3.63, 3.8) is 0 Å². The molecule has 0 aliphatic carbocycles. The molecule has 6 nitrogen and oxygen atoms in total. The van der Waals surface area contributed by atoms with Gasteiger partial charge >= 0.3 is 0 Å². The standard InChI is InChI=1S/C12H11IN4O2/c1-2-8-10(13)11(14)16-12(15-8)7-5-3-4-6-9(7)17(18)19/h3-6H,2H2,1H3,(H2,14,15,16). The summed E-state index contributed by atoms with van der Waals surface area (Å²) in [5, 5.41) is 11.0. The topological polar surface area (TPSA) is 94.9 Å². The van der Waals surface area contributed by atoms with Crippen LogP contribution in [0.3, 0.4) is 0 Å². The lowest BCUT2D eigenvalue weighted by atomic mass is 10.1. The second-order valence-corrected chi connectivity index (χ2v) is 4.90. The largest absolute Gasteiger partial charge is 0.383 e. The molecule has 7 heteroatoms. The number of hydrogen-bond donors (Lipinski definition) is 1. The molecule has 0 aliphatic heterocycles. The van der Waals surface area contributed by atoms with E-state index < -0.39 is 4.92 Å². The molecule has 2 aromatic rings. The van der Waals surface area contributed by atoms with E-state index in [2.05, 4.69) is 32.6 Å². The molecule has 0 spiro atoms. The molecular formula is C12H11IN4O2. The Kier molecular flexibility index (Phi) is 3.93. The quantitative estimate of drug-likeness (QED) is 0.509. The second kappa shape index (κ2) is 5.47. The summed E-state index contributed by atoms with van der Waals surface area (Å²) in [4.78, 5) is 19.1. The number of rotatable bonds is 3. The van der Waals surface area contributed by atoms with Crippen molar-refractivity contribution in [3.8, 4) is 11.4 Å². The van der Waals surface area contributed by atoms with Gasteiger partial charge in [0.25, 0.3) is 5.69 Å². The molecule has 1 heterocycles. The molecule has 1 aromatic carbocycles. The Hall–Kier alpha value is -1.77. The van der Waals surface area contributed by atoms with E-state index in [1.165, 1.54) is 6.07 Å². The summed E-state index contributed by atoms with van der Waals surface area (Å²) >= 11 is 2.08. The third kappa shape index (κ3) is 2.65. The summed E-state index contributed by atoms with van der Waals surface area (Å²) in [5.41, 5.74) is 6.98. The van der Waals surface area contributed by atoms with E-state index >= 15 is 0 Å².